The fourth-order valence-electron chi connectivity index (χ4n) is 2.40. The predicted molar refractivity (Wildman–Crippen MR) is 70.3 cm³/mol. The van der Waals surface area contributed by atoms with Crippen molar-refractivity contribution in [3.8, 4) is 5.88 Å². The van der Waals surface area contributed by atoms with Gasteiger partial charge in [0, 0.05) is 18.3 Å². The molecule has 1 aliphatic carbocycles. The average Bonchev–Trinajstić information content (AvgIpc) is 2.31. The molecule has 1 aromatic heterocycles. The van der Waals surface area contributed by atoms with E-state index in [0.717, 1.165) is 25.0 Å². The summed E-state index contributed by atoms with van der Waals surface area (Å²) in [6.45, 7) is 2.46. The van der Waals surface area contributed by atoms with Gasteiger partial charge >= 0.3 is 5.97 Å². The lowest BCUT2D eigenvalue weighted by Crippen LogP contribution is -2.38. The molecular formula is C13H19N3O3. The van der Waals surface area contributed by atoms with E-state index in [4.69, 9.17) is 9.84 Å². The predicted octanol–water partition coefficient (Wildman–Crippen LogP) is 1.85. The highest BCUT2D eigenvalue weighted by molar-refractivity contribution is 5.68. The molecule has 0 amide bonds. The van der Waals surface area contributed by atoms with Gasteiger partial charge in [-0.2, -0.15) is 4.98 Å². The number of ether oxygens (including phenoxy) is 1. The Morgan fingerprint density at radius 1 is 1.53 bits per heavy atom. The number of anilines is 1. The van der Waals surface area contributed by atoms with E-state index in [9.17, 15) is 4.79 Å². The van der Waals surface area contributed by atoms with Gasteiger partial charge < -0.3 is 15.2 Å². The van der Waals surface area contributed by atoms with Crippen LogP contribution in [-0.4, -0.2) is 34.7 Å². The van der Waals surface area contributed by atoms with Crippen LogP contribution in [0.3, 0.4) is 0 Å². The summed E-state index contributed by atoms with van der Waals surface area (Å²) in [5.41, 5.74) is 0.668. The molecule has 6 heteroatoms. The number of nitrogens with zero attached hydrogens (tertiary/aromatic N) is 2. The van der Waals surface area contributed by atoms with Crippen molar-refractivity contribution >= 4 is 11.9 Å². The number of nitrogens with one attached hydrogen (secondary N) is 1. The second-order valence-corrected chi connectivity index (χ2v) is 5.15. The summed E-state index contributed by atoms with van der Waals surface area (Å²) < 4.78 is 5.09. The summed E-state index contributed by atoms with van der Waals surface area (Å²) in [7, 11) is 1.56. The minimum atomic E-state index is -0.746. The van der Waals surface area contributed by atoms with Crippen molar-refractivity contribution in [1.29, 1.82) is 0 Å². The second-order valence-electron chi connectivity index (χ2n) is 5.15. The molecule has 19 heavy (non-hydrogen) atoms. The Bertz CT molecular complexity index is 472. The standard InChI is InChI=1S/C13H19N3O3/c1-9-6-10(19-2)16-12(15-9)14-8-13(4-3-5-13)7-11(17)18/h6H,3-5,7-8H2,1-2H3,(H,17,18)(H,14,15,16). The van der Waals surface area contributed by atoms with Gasteiger partial charge in [0.15, 0.2) is 0 Å². The molecule has 2 rings (SSSR count). The van der Waals surface area contributed by atoms with Crippen LogP contribution in [0, 0.1) is 12.3 Å². The molecule has 0 aromatic carbocycles. The number of aliphatic carboxylic acids is 1. The molecule has 0 aliphatic heterocycles. The van der Waals surface area contributed by atoms with Crippen molar-refractivity contribution in [2.24, 2.45) is 5.41 Å². The van der Waals surface area contributed by atoms with Crippen molar-refractivity contribution in [3.05, 3.63) is 11.8 Å². The minimum Gasteiger partial charge on any atom is -0.481 e. The molecule has 1 saturated carbocycles. The Hall–Kier alpha value is -1.85. The van der Waals surface area contributed by atoms with E-state index in [1.807, 2.05) is 6.92 Å². The fraction of sp³-hybridized carbons (Fsp3) is 0.615. The summed E-state index contributed by atoms with van der Waals surface area (Å²) in [5, 5.41) is 12.1. The molecule has 0 atom stereocenters. The van der Waals surface area contributed by atoms with E-state index >= 15 is 0 Å². The third-order valence-corrected chi connectivity index (χ3v) is 3.60. The summed E-state index contributed by atoms with van der Waals surface area (Å²) in [4.78, 5) is 19.4. The first kappa shape index (κ1) is 13.6. The smallest absolute Gasteiger partial charge is 0.303 e. The molecule has 6 nitrogen and oxygen atoms in total. The Kier molecular flexibility index (Phi) is 3.87. The van der Waals surface area contributed by atoms with Gasteiger partial charge in [-0.05, 0) is 25.2 Å². The number of rotatable bonds is 6. The van der Waals surface area contributed by atoms with Crippen molar-refractivity contribution in [1.82, 2.24) is 9.97 Å². The van der Waals surface area contributed by atoms with Crippen LogP contribution >= 0.6 is 0 Å². The van der Waals surface area contributed by atoms with Gasteiger partial charge in [-0.25, -0.2) is 4.98 Å². The number of hydrogen-bond acceptors (Lipinski definition) is 5. The van der Waals surface area contributed by atoms with Crippen molar-refractivity contribution in [2.45, 2.75) is 32.6 Å². The van der Waals surface area contributed by atoms with Gasteiger partial charge in [0.25, 0.3) is 0 Å². The normalized spacial score (nSPS) is 16.5. The second kappa shape index (κ2) is 5.42. The maximum absolute atomic E-state index is 10.9. The van der Waals surface area contributed by atoms with Crippen LogP contribution in [0.4, 0.5) is 5.95 Å². The lowest BCUT2D eigenvalue weighted by Gasteiger charge is -2.40. The first-order chi connectivity index (χ1) is 9.03. The van der Waals surface area contributed by atoms with Crippen LogP contribution in [0.25, 0.3) is 0 Å². The highest BCUT2D eigenvalue weighted by atomic mass is 16.5. The lowest BCUT2D eigenvalue weighted by molar-refractivity contribution is -0.141. The molecule has 0 saturated heterocycles. The SMILES string of the molecule is COc1cc(C)nc(NCC2(CC(=O)O)CCC2)n1. The molecule has 2 N–H and O–H groups in total. The summed E-state index contributed by atoms with van der Waals surface area (Å²) in [6.07, 6.45) is 3.17. The summed E-state index contributed by atoms with van der Waals surface area (Å²) in [5.74, 6) is 0.258. The molecule has 104 valence electrons. The largest absolute Gasteiger partial charge is 0.481 e. The van der Waals surface area contributed by atoms with Crippen molar-refractivity contribution in [3.63, 3.8) is 0 Å². The highest BCUT2D eigenvalue weighted by Gasteiger charge is 2.38. The molecular weight excluding hydrogens is 246 g/mol. The number of aryl methyl sites for hydroxylation is 1. The maximum atomic E-state index is 10.9. The van der Waals surface area contributed by atoms with Crippen LogP contribution in [-0.2, 0) is 4.79 Å². The zero-order valence-electron chi connectivity index (χ0n) is 11.3. The van der Waals surface area contributed by atoms with Gasteiger partial charge in [0.05, 0.1) is 13.5 Å². The molecule has 1 fully saturated rings. The van der Waals surface area contributed by atoms with E-state index in [1.54, 1.807) is 13.2 Å². The van der Waals surface area contributed by atoms with E-state index in [-0.39, 0.29) is 11.8 Å². The van der Waals surface area contributed by atoms with Crippen LogP contribution < -0.4 is 10.1 Å². The molecule has 1 aliphatic rings. The van der Waals surface area contributed by atoms with E-state index < -0.39 is 5.97 Å². The maximum Gasteiger partial charge on any atom is 0.303 e. The molecule has 0 spiro atoms. The van der Waals surface area contributed by atoms with Gasteiger partial charge in [-0.3, -0.25) is 4.79 Å². The molecule has 0 radical (unpaired) electrons. The van der Waals surface area contributed by atoms with Crippen molar-refractivity contribution < 1.29 is 14.6 Å². The quantitative estimate of drug-likeness (QED) is 0.816. The number of carboxylic acids is 1. The number of carboxylic acid groups (broad SMARTS) is 1. The Morgan fingerprint density at radius 3 is 2.79 bits per heavy atom. The first-order valence-corrected chi connectivity index (χ1v) is 6.38. The number of aromatic nitrogens is 2. The third kappa shape index (κ3) is 3.33. The zero-order chi connectivity index (χ0) is 13.9. The van der Waals surface area contributed by atoms with Gasteiger partial charge in [-0.15, -0.1) is 0 Å². The van der Waals surface area contributed by atoms with E-state index in [0.29, 0.717) is 18.4 Å². The number of hydrogen-bond donors (Lipinski definition) is 2. The van der Waals surface area contributed by atoms with Crippen LogP contribution in [0.1, 0.15) is 31.4 Å². The van der Waals surface area contributed by atoms with Crippen LogP contribution in [0.15, 0.2) is 6.07 Å². The van der Waals surface area contributed by atoms with E-state index in [2.05, 4.69) is 15.3 Å². The number of carbonyl (C=O) groups is 1. The first-order valence-electron chi connectivity index (χ1n) is 6.38. The molecule has 0 bridgehead atoms. The highest BCUT2D eigenvalue weighted by Crippen LogP contribution is 2.43. The van der Waals surface area contributed by atoms with Gasteiger partial charge in [-0.1, -0.05) is 6.42 Å². The molecule has 1 aromatic rings. The van der Waals surface area contributed by atoms with E-state index in [1.165, 1.54) is 0 Å². The Labute approximate surface area is 112 Å². The summed E-state index contributed by atoms with van der Waals surface area (Å²) in [6, 6.07) is 1.75. The molecule has 1 heterocycles. The molecule has 0 unspecified atom stereocenters. The lowest BCUT2D eigenvalue weighted by atomic mass is 9.66. The Morgan fingerprint density at radius 2 is 2.26 bits per heavy atom. The fourth-order valence-corrected chi connectivity index (χ4v) is 2.40. The Balaban J connectivity index is 2.01. The van der Waals surface area contributed by atoms with Crippen LogP contribution in [0.5, 0.6) is 5.88 Å². The summed E-state index contributed by atoms with van der Waals surface area (Å²) >= 11 is 0. The zero-order valence-corrected chi connectivity index (χ0v) is 11.3. The van der Waals surface area contributed by atoms with Gasteiger partial charge in [0.2, 0.25) is 11.8 Å². The average molecular weight is 265 g/mol. The van der Waals surface area contributed by atoms with Crippen LogP contribution in [0.2, 0.25) is 0 Å². The minimum absolute atomic E-state index is 0.147. The van der Waals surface area contributed by atoms with Gasteiger partial charge in [0.1, 0.15) is 0 Å². The van der Waals surface area contributed by atoms with Crippen molar-refractivity contribution in [2.75, 3.05) is 19.0 Å². The third-order valence-electron chi connectivity index (χ3n) is 3.60. The topological polar surface area (TPSA) is 84.3 Å². The monoisotopic (exact) mass is 265 g/mol. The number of methoxy groups -OCH3 is 1.